The van der Waals surface area contributed by atoms with Crippen molar-refractivity contribution in [3.8, 4) is 0 Å². The Morgan fingerprint density at radius 3 is 2.59 bits per heavy atom. The van der Waals surface area contributed by atoms with Gasteiger partial charge in [0.25, 0.3) is 0 Å². The molecule has 0 saturated heterocycles. The number of amides is 1. The van der Waals surface area contributed by atoms with Crippen LogP contribution in [0.4, 0.5) is 0 Å². The van der Waals surface area contributed by atoms with Crippen molar-refractivity contribution in [1.29, 1.82) is 0 Å². The predicted molar refractivity (Wildman–Crippen MR) is 69.2 cm³/mol. The minimum atomic E-state index is -0.731. The molecule has 6 heteroatoms. The quantitative estimate of drug-likeness (QED) is 0.464. The lowest BCUT2D eigenvalue weighted by Crippen LogP contribution is -2.37. The maximum atomic E-state index is 10.6. The zero-order valence-electron chi connectivity index (χ0n) is 10.6. The van der Waals surface area contributed by atoms with Gasteiger partial charge in [-0.05, 0) is 20.3 Å². The molecule has 0 aliphatic rings. The van der Waals surface area contributed by atoms with E-state index in [0.29, 0.717) is 6.42 Å². The van der Waals surface area contributed by atoms with E-state index in [1.54, 1.807) is 0 Å². The van der Waals surface area contributed by atoms with Crippen LogP contribution in [0.3, 0.4) is 0 Å². The van der Waals surface area contributed by atoms with Crippen molar-refractivity contribution in [2.75, 3.05) is 19.8 Å². The molecule has 5 nitrogen and oxygen atoms in total. The van der Waals surface area contributed by atoms with Gasteiger partial charge in [-0.3, -0.25) is 4.79 Å². The van der Waals surface area contributed by atoms with Gasteiger partial charge in [0, 0.05) is 18.7 Å². The average molecular weight is 265 g/mol. The van der Waals surface area contributed by atoms with Gasteiger partial charge in [-0.2, -0.15) is 12.6 Å². The highest BCUT2D eigenvalue weighted by atomic mass is 32.1. The van der Waals surface area contributed by atoms with E-state index >= 15 is 0 Å². The monoisotopic (exact) mass is 265 g/mol. The Labute approximate surface area is 108 Å². The van der Waals surface area contributed by atoms with Crippen molar-refractivity contribution in [3.63, 3.8) is 0 Å². The summed E-state index contributed by atoms with van der Waals surface area (Å²) in [6.45, 7) is 5.44. The van der Waals surface area contributed by atoms with Crippen molar-refractivity contribution in [1.82, 2.24) is 5.32 Å². The number of aliphatic hydroxyl groups is 2. The summed E-state index contributed by atoms with van der Waals surface area (Å²) >= 11 is 4.19. The van der Waals surface area contributed by atoms with E-state index in [0.717, 1.165) is 0 Å². The zero-order chi connectivity index (χ0) is 13.5. The molecule has 2 unspecified atom stereocenters. The number of rotatable bonds is 8. The van der Waals surface area contributed by atoms with Crippen molar-refractivity contribution in [2.45, 2.75) is 44.1 Å². The molecule has 2 atom stereocenters. The Bertz CT molecular complexity index is 236. The fourth-order valence-electron chi connectivity index (χ4n) is 1.33. The van der Waals surface area contributed by atoms with E-state index in [1.807, 2.05) is 13.8 Å². The summed E-state index contributed by atoms with van der Waals surface area (Å²) in [5.41, 5.74) is -0.466. The third-order valence-corrected chi connectivity index (χ3v) is 2.54. The lowest BCUT2D eigenvalue weighted by molar-refractivity contribution is -0.120. The van der Waals surface area contributed by atoms with Crippen molar-refractivity contribution in [2.24, 2.45) is 0 Å². The molecule has 0 aromatic rings. The van der Waals surface area contributed by atoms with Crippen LogP contribution in [-0.4, -0.2) is 52.8 Å². The molecular formula is C11H23NO4S. The summed E-state index contributed by atoms with van der Waals surface area (Å²) in [4.78, 5) is 10.6. The first-order valence-corrected chi connectivity index (χ1v) is 6.14. The number of aliphatic hydroxyl groups excluding tert-OH is 2. The number of thiol groups is 1. The van der Waals surface area contributed by atoms with Crippen LogP contribution in [0.15, 0.2) is 0 Å². The van der Waals surface area contributed by atoms with Crippen LogP contribution in [0.25, 0.3) is 0 Å². The van der Waals surface area contributed by atoms with Crippen LogP contribution in [0.5, 0.6) is 0 Å². The summed E-state index contributed by atoms with van der Waals surface area (Å²) in [6.07, 6.45) is -0.148. The van der Waals surface area contributed by atoms with E-state index in [9.17, 15) is 9.90 Å². The smallest absolute Gasteiger partial charge is 0.216 e. The van der Waals surface area contributed by atoms with Gasteiger partial charge in [0.15, 0.2) is 0 Å². The summed E-state index contributed by atoms with van der Waals surface area (Å²) in [7, 11) is 0. The third-order valence-electron chi connectivity index (χ3n) is 2.19. The van der Waals surface area contributed by atoms with Crippen LogP contribution in [0, 0.1) is 0 Å². The Hall–Kier alpha value is -0.300. The van der Waals surface area contributed by atoms with Gasteiger partial charge in [0.1, 0.15) is 0 Å². The second kappa shape index (κ2) is 7.92. The molecule has 0 spiro atoms. The predicted octanol–water partition coefficient (Wildman–Crippen LogP) is -0.0406. The molecule has 0 aliphatic carbocycles. The highest BCUT2D eigenvalue weighted by molar-refractivity contribution is 7.81. The van der Waals surface area contributed by atoms with Crippen LogP contribution in [0.2, 0.25) is 0 Å². The molecule has 0 bridgehead atoms. The maximum absolute atomic E-state index is 10.6. The molecule has 0 aromatic carbocycles. The van der Waals surface area contributed by atoms with E-state index < -0.39 is 11.7 Å². The van der Waals surface area contributed by atoms with Gasteiger partial charge in [-0.25, -0.2) is 0 Å². The Morgan fingerprint density at radius 2 is 2.12 bits per heavy atom. The van der Waals surface area contributed by atoms with Gasteiger partial charge in [-0.15, -0.1) is 0 Å². The normalized spacial score (nSPS) is 15.4. The standard InChI is InChI=1S/C11H23NO4S/c1-8(14)12-5-9(15)7-16-11(2,3)4-10(17)6-13/h9-10,13,15,17H,4-7H2,1-3H3,(H,12,14). The second-order valence-corrected chi connectivity index (χ2v) is 5.43. The molecule has 0 aromatic heterocycles. The first-order valence-electron chi connectivity index (χ1n) is 5.62. The Morgan fingerprint density at radius 1 is 1.53 bits per heavy atom. The van der Waals surface area contributed by atoms with E-state index in [-0.39, 0.29) is 30.9 Å². The fraction of sp³-hybridized carbons (Fsp3) is 0.909. The number of hydrogen-bond donors (Lipinski definition) is 4. The van der Waals surface area contributed by atoms with Crippen molar-refractivity contribution in [3.05, 3.63) is 0 Å². The topological polar surface area (TPSA) is 78.8 Å². The Balaban J connectivity index is 3.87. The minimum absolute atomic E-state index is 0.00958. The van der Waals surface area contributed by atoms with Crippen molar-refractivity contribution < 1.29 is 19.7 Å². The van der Waals surface area contributed by atoms with E-state index in [1.165, 1.54) is 6.92 Å². The summed E-state index contributed by atoms with van der Waals surface area (Å²) < 4.78 is 5.53. The van der Waals surface area contributed by atoms with Gasteiger partial charge in [0.2, 0.25) is 5.91 Å². The molecule has 0 rings (SSSR count). The molecule has 0 radical (unpaired) electrons. The molecule has 0 aliphatic heterocycles. The van der Waals surface area contributed by atoms with Gasteiger partial charge < -0.3 is 20.3 Å². The SMILES string of the molecule is CC(=O)NCC(O)COC(C)(C)CC(S)CO. The number of nitrogens with one attached hydrogen (secondary N) is 1. The first kappa shape index (κ1) is 16.7. The van der Waals surface area contributed by atoms with Crippen molar-refractivity contribution >= 4 is 18.5 Å². The first-order chi connectivity index (χ1) is 7.76. The van der Waals surface area contributed by atoms with Crippen LogP contribution in [-0.2, 0) is 9.53 Å². The summed E-state index contributed by atoms with van der Waals surface area (Å²) in [5.74, 6) is -0.181. The molecular weight excluding hydrogens is 242 g/mol. The molecule has 0 heterocycles. The van der Waals surface area contributed by atoms with Crippen LogP contribution in [0.1, 0.15) is 27.2 Å². The van der Waals surface area contributed by atoms with E-state index in [4.69, 9.17) is 9.84 Å². The number of carbonyl (C=O) groups is 1. The molecule has 0 saturated carbocycles. The van der Waals surface area contributed by atoms with Crippen LogP contribution >= 0.6 is 12.6 Å². The molecule has 102 valence electrons. The van der Waals surface area contributed by atoms with Gasteiger partial charge in [-0.1, -0.05) is 0 Å². The molecule has 3 N–H and O–H groups in total. The van der Waals surface area contributed by atoms with Gasteiger partial charge in [0.05, 0.1) is 24.9 Å². The number of carbonyl (C=O) groups excluding carboxylic acids is 1. The maximum Gasteiger partial charge on any atom is 0.216 e. The Kier molecular flexibility index (Phi) is 7.78. The van der Waals surface area contributed by atoms with Gasteiger partial charge >= 0.3 is 0 Å². The van der Waals surface area contributed by atoms with Crippen LogP contribution < -0.4 is 5.32 Å². The largest absolute Gasteiger partial charge is 0.395 e. The lowest BCUT2D eigenvalue weighted by Gasteiger charge is -2.28. The molecule has 1 amide bonds. The summed E-state index contributed by atoms with van der Waals surface area (Å²) in [5, 5.41) is 20.8. The van der Waals surface area contributed by atoms with E-state index in [2.05, 4.69) is 17.9 Å². The number of ether oxygens (including phenoxy) is 1. The lowest BCUT2D eigenvalue weighted by atomic mass is 10.0. The average Bonchev–Trinajstić information content (AvgIpc) is 2.22. The fourth-order valence-corrected chi connectivity index (χ4v) is 1.77. The number of hydrogen-bond acceptors (Lipinski definition) is 5. The minimum Gasteiger partial charge on any atom is -0.395 e. The molecule has 0 fully saturated rings. The highest BCUT2D eigenvalue weighted by Gasteiger charge is 2.23. The third kappa shape index (κ3) is 9.41. The zero-order valence-corrected chi connectivity index (χ0v) is 11.5. The second-order valence-electron chi connectivity index (χ2n) is 4.70. The molecule has 17 heavy (non-hydrogen) atoms. The summed E-state index contributed by atoms with van der Waals surface area (Å²) in [6, 6.07) is 0. The highest BCUT2D eigenvalue weighted by Crippen LogP contribution is 2.19.